The van der Waals surface area contributed by atoms with Crippen LogP contribution in [0.3, 0.4) is 0 Å². The summed E-state index contributed by atoms with van der Waals surface area (Å²) in [5.74, 6) is -0.415. The van der Waals surface area contributed by atoms with Gasteiger partial charge in [-0.25, -0.2) is 0 Å². The van der Waals surface area contributed by atoms with E-state index in [1.54, 1.807) is 0 Å². The molecule has 0 amide bonds. The summed E-state index contributed by atoms with van der Waals surface area (Å²) in [5, 5.41) is 0. The summed E-state index contributed by atoms with van der Waals surface area (Å²) < 4.78 is 10.4. The van der Waals surface area contributed by atoms with Crippen LogP contribution in [0.4, 0.5) is 0 Å². The lowest BCUT2D eigenvalue weighted by molar-refractivity contribution is -0.154. The number of unbranched alkanes of at least 4 members (excludes halogenated alkanes) is 1. The average Bonchev–Trinajstić information content (AvgIpc) is 2.31. The third kappa shape index (κ3) is 9.82. The van der Waals surface area contributed by atoms with Gasteiger partial charge in [-0.2, -0.15) is 0 Å². The van der Waals surface area contributed by atoms with Gasteiger partial charge in [-0.3, -0.25) is 9.59 Å². The molecule has 0 rings (SSSR count). The molecule has 0 aliphatic heterocycles. The Balaban J connectivity index is 4.15. The molecular formula is C16H30O4. The number of hydrogen-bond acceptors (Lipinski definition) is 4. The molecule has 0 saturated carbocycles. The first kappa shape index (κ1) is 18.9. The maximum atomic E-state index is 12.0. The van der Waals surface area contributed by atoms with Gasteiger partial charge in [-0.05, 0) is 47.0 Å². The monoisotopic (exact) mass is 286 g/mol. The fourth-order valence-corrected chi connectivity index (χ4v) is 1.97. The van der Waals surface area contributed by atoms with Gasteiger partial charge >= 0.3 is 11.9 Å². The van der Waals surface area contributed by atoms with Gasteiger partial charge in [0, 0.05) is 6.42 Å². The molecule has 4 nitrogen and oxygen atoms in total. The molecule has 118 valence electrons. The highest BCUT2D eigenvalue weighted by Gasteiger charge is 2.20. The molecule has 0 spiro atoms. The van der Waals surface area contributed by atoms with Crippen LogP contribution < -0.4 is 0 Å². The van der Waals surface area contributed by atoms with E-state index in [-0.39, 0.29) is 30.1 Å². The summed E-state index contributed by atoms with van der Waals surface area (Å²) in [7, 11) is 0. The Morgan fingerprint density at radius 2 is 1.45 bits per heavy atom. The molecule has 0 heterocycles. The second-order valence-electron chi connectivity index (χ2n) is 5.76. The summed E-state index contributed by atoms with van der Waals surface area (Å²) in [6.45, 7) is 9.48. The number of hydrogen-bond donors (Lipinski definition) is 0. The highest BCUT2D eigenvalue weighted by atomic mass is 16.5. The van der Waals surface area contributed by atoms with E-state index in [0.29, 0.717) is 19.3 Å². The van der Waals surface area contributed by atoms with Crippen molar-refractivity contribution in [1.29, 1.82) is 0 Å². The number of esters is 2. The van der Waals surface area contributed by atoms with Crippen molar-refractivity contribution in [2.75, 3.05) is 0 Å². The highest BCUT2D eigenvalue weighted by molar-refractivity contribution is 5.73. The van der Waals surface area contributed by atoms with Crippen LogP contribution in [-0.4, -0.2) is 24.1 Å². The Morgan fingerprint density at radius 1 is 0.900 bits per heavy atom. The minimum absolute atomic E-state index is 0.0794. The highest BCUT2D eigenvalue weighted by Crippen LogP contribution is 2.19. The standard InChI is InChI=1S/C16H30O4/c1-6-7-9-14(16(18)20-13(4)5)10-8-11-15(17)19-12(2)3/h12-14H,6-11H2,1-5H3. The van der Waals surface area contributed by atoms with Gasteiger partial charge < -0.3 is 9.47 Å². The van der Waals surface area contributed by atoms with Crippen LogP contribution in [0.5, 0.6) is 0 Å². The molecule has 0 aliphatic carbocycles. The van der Waals surface area contributed by atoms with Crippen molar-refractivity contribution in [1.82, 2.24) is 0 Å². The number of rotatable bonds is 10. The van der Waals surface area contributed by atoms with E-state index >= 15 is 0 Å². The van der Waals surface area contributed by atoms with Crippen molar-refractivity contribution in [3.63, 3.8) is 0 Å². The molecule has 4 heteroatoms. The fourth-order valence-electron chi connectivity index (χ4n) is 1.97. The smallest absolute Gasteiger partial charge is 0.309 e. The van der Waals surface area contributed by atoms with Crippen molar-refractivity contribution in [3.8, 4) is 0 Å². The number of ether oxygens (including phenoxy) is 2. The molecule has 0 aromatic rings. The molecular weight excluding hydrogens is 256 g/mol. The summed E-state index contributed by atoms with van der Waals surface area (Å²) in [4.78, 5) is 23.4. The van der Waals surface area contributed by atoms with Gasteiger partial charge in [0.05, 0.1) is 18.1 Å². The van der Waals surface area contributed by atoms with Crippen molar-refractivity contribution in [2.45, 2.75) is 85.4 Å². The Hall–Kier alpha value is -1.06. The molecule has 20 heavy (non-hydrogen) atoms. The predicted octanol–water partition coefficient (Wildman–Crippen LogP) is 3.87. The summed E-state index contributed by atoms with van der Waals surface area (Å²) in [6, 6.07) is 0. The Morgan fingerprint density at radius 3 is 1.95 bits per heavy atom. The third-order valence-corrected chi connectivity index (χ3v) is 2.89. The van der Waals surface area contributed by atoms with Crippen LogP contribution in [0.2, 0.25) is 0 Å². The first-order chi connectivity index (χ1) is 9.36. The van der Waals surface area contributed by atoms with Crippen LogP contribution >= 0.6 is 0 Å². The zero-order valence-corrected chi connectivity index (χ0v) is 13.6. The van der Waals surface area contributed by atoms with Gasteiger partial charge in [-0.1, -0.05) is 19.8 Å². The summed E-state index contributed by atoms with van der Waals surface area (Å²) in [5.41, 5.74) is 0. The normalized spacial score (nSPS) is 12.6. The average molecular weight is 286 g/mol. The van der Waals surface area contributed by atoms with Crippen molar-refractivity contribution in [3.05, 3.63) is 0 Å². The van der Waals surface area contributed by atoms with Gasteiger partial charge in [-0.15, -0.1) is 0 Å². The predicted molar refractivity (Wildman–Crippen MR) is 79.3 cm³/mol. The zero-order valence-electron chi connectivity index (χ0n) is 13.6. The summed E-state index contributed by atoms with van der Waals surface area (Å²) >= 11 is 0. The Labute approximate surface area is 123 Å². The molecule has 0 saturated heterocycles. The second kappa shape index (κ2) is 10.7. The maximum Gasteiger partial charge on any atom is 0.309 e. The SMILES string of the molecule is CCCCC(CCCC(=O)OC(C)C)C(=O)OC(C)C. The number of carbonyl (C=O) groups is 2. The van der Waals surface area contributed by atoms with Crippen LogP contribution in [0, 0.1) is 5.92 Å². The minimum atomic E-state index is -0.188. The van der Waals surface area contributed by atoms with Crippen LogP contribution in [0.15, 0.2) is 0 Å². The van der Waals surface area contributed by atoms with Crippen LogP contribution in [0.25, 0.3) is 0 Å². The van der Waals surface area contributed by atoms with Gasteiger partial charge in [0.2, 0.25) is 0 Å². The molecule has 0 fully saturated rings. The Bertz CT molecular complexity index is 284. The molecule has 0 N–H and O–H groups in total. The molecule has 1 atom stereocenters. The third-order valence-electron chi connectivity index (χ3n) is 2.89. The first-order valence-electron chi connectivity index (χ1n) is 7.76. The maximum absolute atomic E-state index is 12.0. The molecule has 0 aromatic heterocycles. The van der Waals surface area contributed by atoms with E-state index in [1.165, 1.54) is 0 Å². The van der Waals surface area contributed by atoms with E-state index in [0.717, 1.165) is 19.3 Å². The lowest BCUT2D eigenvalue weighted by atomic mass is 9.96. The quantitative estimate of drug-likeness (QED) is 0.572. The first-order valence-corrected chi connectivity index (χ1v) is 7.76. The van der Waals surface area contributed by atoms with Gasteiger partial charge in [0.25, 0.3) is 0 Å². The van der Waals surface area contributed by atoms with Crippen LogP contribution in [0.1, 0.15) is 73.1 Å². The minimum Gasteiger partial charge on any atom is -0.463 e. The zero-order chi connectivity index (χ0) is 15.5. The molecule has 0 radical (unpaired) electrons. The van der Waals surface area contributed by atoms with Crippen molar-refractivity contribution < 1.29 is 19.1 Å². The lowest BCUT2D eigenvalue weighted by Crippen LogP contribution is -2.22. The van der Waals surface area contributed by atoms with E-state index in [4.69, 9.17) is 9.47 Å². The largest absolute Gasteiger partial charge is 0.463 e. The summed E-state index contributed by atoms with van der Waals surface area (Å²) in [6.07, 6.45) is 4.47. The van der Waals surface area contributed by atoms with E-state index < -0.39 is 0 Å². The molecule has 0 bridgehead atoms. The molecule has 1 unspecified atom stereocenters. The van der Waals surface area contributed by atoms with Crippen molar-refractivity contribution in [2.24, 2.45) is 5.92 Å². The van der Waals surface area contributed by atoms with E-state index in [9.17, 15) is 9.59 Å². The second-order valence-corrected chi connectivity index (χ2v) is 5.76. The van der Waals surface area contributed by atoms with E-state index in [2.05, 4.69) is 6.92 Å². The van der Waals surface area contributed by atoms with Crippen molar-refractivity contribution >= 4 is 11.9 Å². The molecule has 0 aliphatic rings. The molecule has 0 aromatic carbocycles. The van der Waals surface area contributed by atoms with E-state index in [1.807, 2.05) is 27.7 Å². The fraction of sp³-hybridized carbons (Fsp3) is 0.875. The van der Waals surface area contributed by atoms with Crippen LogP contribution in [-0.2, 0) is 19.1 Å². The Kier molecular flexibility index (Phi) is 10.1. The van der Waals surface area contributed by atoms with Gasteiger partial charge in [0.15, 0.2) is 0 Å². The number of carbonyl (C=O) groups excluding carboxylic acids is 2. The lowest BCUT2D eigenvalue weighted by Gasteiger charge is -2.17. The topological polar surface area (TPSA) is 52.6 Å². The van der Waals surface area contributed by atoms with Gasteiger partial charge in [0.1, 0.15) is 0 Å².